The molecule has 8 aromatic rings. The van der Waals surface area contributed by atoms with Gasteiger partial charge in [0.2, 0.25) is 0 Å². The summed E-state index contributed by atoms with van der Waals surface area (Å²) in [7, 11) is 2.21. The van der Waals surface area contributed by atoms with Crippen LogP contribution in [-0.4, -0.2) is 4.57 Å². The molecule has 1 aliphatic rings. The Morgan fingerprint density at radius 2 is 1.00 bits per heavy atom. The van der Waals surface area contributed by atoms with Gasteiger partial charge in [-0.3, -0.25) is 0 Å². The van der Waals surface area contributed by atoms with Gasteiger partial charge in [-0.25, -0.2) is 0 Å². The van der Waals surface area contributed by atoms with E-state index >= 15 is 0 Å². The van der Waals surface area contributed by atoms with Crippen LogP contribution in [0.3, 0.4) is 0 Å². The van der Waals surface area contributed by atoms with Crippen molar-refractivity contribution >= 4 is 38.5 Å². The summed E-state index contributed by atoms with van der Waals surface area (Å²) in [6.07, 6.45) is 5.76. The molecule has 49 heavy (non-hydrogen) atoms. The number of aryl methyl sites for hydroxylation is 3. The fraction of sp³-hybridized carbons (Fsp3) is 0.125. The van der Waals surface area contributed by atoms with Crippen LogP contribution in [0.1, 0.15) is 41.6 Å². The molecule has 9 rings (SSSR count). The van der Waals surface area contributed by atoms with Crippen molar-refractivity contribution in [1.82, 2.24) is 4.57 Å². The second-order valence-corrected chi connectivity index (χ2v) is 14.0. The molecule has 0 amide bonds. The Morgan fingerprint density at radius 3 is 1.59 bits per heavy atom. The Bertz CT molecular complexity index is 2580. The van der Waals surface area contributed by atoms with Crippen LogP contribution in [0.15, 0.2) is 140 Å². The van der Waals surface area contributed by atoms with Gasteiger partial charge in [-0.2, -0.15) is 0 Å². The topological polar surface area (TPSA) is 4.93 Å². The van der Waals surface area contributed by atoms with E-state index in [9.17, 15) is 0 Å². The molecule has 236 valence electrons. The summed E-state index contributed by atoms with van der Waals surface area (Å²) in [6.45, 7) is 6.72. The highest BCUT2D eigenvalue weighted by Gasteiger charge is 2.21. The second-order valence-electron chi connectivity index (χ2n) is 14.0. The Labute approximate surface area is 288 Å². The standard InChI is InChI=1S/C48H39N/c1-30-14-25-40-43(27-30)46(36-10-6-5-7-11-36)39-24-13-31(2)28-44(39)47(40)37-21-19-34(20-22-37)33-15-17-35(18-16-33)38-23-26-45-42(29-38)41-12-8-9-32(3)48(41)49(45)4/h5-8,10-29,32H,9H2,1-4H3. The van der Waals surface area contributed by atoms with Crippen LogP contribution in [0, 0.1) is 13.8 Å². The summed E-state index contributed by atoms with van der Waals surface area (Å²) < 4.78 is 2.39. The maximum atomic E-state index is 2.39. The van der Waals surface area contributed by atoms with Gasteiger partial charge in [-0.1, -0.05) is 152 Å². The van der Waals surface area contributed by atoms with Gasteiger partial charge in [0.25, 0.3) is 0 Å². The van der Waals surface area contributed by atoms with E-state index in [1.165, 1.54) is 99.3 Å². The van der Waals surface area contributed by atoms with Crippen molar-refractivity contribution < 1.29 is 0 Å². The second kappa shape index (κ2) is 11.5. The zero-order valence-corrected chi connectivity index (χ0v) is 28.6. The normalized spacial score (nSPS) is 14.2. The van der Waals surface area contributed by atoms with Crippen LogP contribution in [0.4, 0.5) is 0 Å². The zero-order valence-electron chi connectivity index (χ0n) is 28.6. The number of benzene rings is 7. The first-order valence-corrected chi connectivity index (χ1v) is 17.5. The minimum atomic E-state index is 0.547. The molecule has 0 spiro atoms. The molecule has 0 bridgehead atoms. The number of hydrogen-bond donors (Lipinski definition) is 0. The molecular weight excluding hydrogens is 591 g/mol. The van der Waals surface area contributed by atoms with E-state index in [2.05, 4.69) is 178 Å². The molecular formula is C48H39N. The minimum Gasteiger partial charge on any atom is -0.347 e. The fourth-order valence-electron chi connectivity index (χ4n) is 8.31. The highest BCUT2D eigenvalue weighted by atomic mass is 15.0. The number of aromatic nitrogens is 1. The SMILES string of the molecule is Cc1ccc2c(-c3ccc(-c4ccc(-c5ccc6c(c5)c5c(n6C)C(C)CC=C5)cc4)cc3)c3cc(C)ccc3c(-c3ccccc3)c2c1. The van der Waals surface area contributed by atoms with Crippen molar-refractivity contribution in [2.24, 2.45) is 7.05 Å². The van der Waals surface area contributed by atoms with E-state index in [0.29, 0.717) is 5.92 Å². The number of hydrogen-bond acceptors (Lipinski definition) is 0. The molecule has 1 heteroatoms. The molecule has 0 saturated carbocycles. The summed E-state index contributed by atoms with van der Waals surface area (Å²) in [4.78, 5) is 0. The molecule has 0 radical (unpaired) electrons. The van der Waals surface area contributed by atoms with Gasteiger partial charge in [0.05, 0.1) is 0 Å². The fourth-order valence-corrected chi connectivity index (χ4v) is 8.31. The van der Waals surface area contributed by atoms with Crippen LogP contribution >= 0.6 is 0 Å². The summed E-state index contributed by atoms with van der Waals surface area (Å²) >= 11 is 0. The Morgan fingerprint density at radius 1 is 0.490 bits per heavy atom. The van der Waals surface area contributed by atoms with Crippen molar-refractivity contribution in [3.63, 3.8) is 0 Å². The predicted octanol–water partition coefficient (Wildman–Crippen LogP) is 13.3. The molecule has 0 fully saturated rings. The van der Waals surface area contributed by atoms with Gasteiger partial charge in [-0.15, -0.1) is 0 Å². The molecule has 1 atom stereocenters. The Kier molecular flexibility index (Phi) is 6.91. The summed E-state index contributed by atoms with van der Waals surface area (Å²) in [5.41, 5.74) is 16.8. The smallest absolute Gasteiger partial charge is 0.0486 e. The largest absolute Gasteiger partial charge is 0.347 e. The first-order chi connectivity index (χ1) is 23.9. The lowest BCUT2D eigenvalue weighted by atomic mass is 9.84. The lowest BCUT2D eigenvalue weighted by molar-refractivity contribution is 0.697. The average Bonchev–Trinajstić information content (AvgIpc) is 3.43. The lowest BCUT2D eigenvalue weighted by Crippen LogP contribution is -2.04. The van der Waals surface area contributed by atoms with Crippen molar-refractivity contribution in [2.45, 2.75) is 33.1 Å². The quantitative estimate of drug-likeness (QED) is 0.171. The van der Waals surface area contributed by atoms with Gasteiger partial charge in [0.15, 0.2) is 0 Å². The van der Waals surface area contributed by atoms with E-state index in [1.807, 2.05) is 0 Å². The summed E-state index contributed by atoms with van der Waals surface area (Å²) in [5, 5.41) is 6.54. The molecule has 1 nitrogen and oxygen atoms in total. The van der Waals surface area contributed by atoms with Crippen LogP contribution < -0.4 is 0 Å². The molecule has 0 aliphatic heterocycles. The Hall–Kier alpha value is -5.66. The summed E-state index contributed by atoms with van der Waals surface area (Å²) in [6, 6.07) is 49.9. The number of allylic oxidation sites excluding steroid dienone is 1. The van der Waals surface area contributed by atoms with Crippen molar-refractivity contribution in [2.75, 3.05) is 0 Å². The van der Waals surface area contributed by atoms with Gasteiger partial charge >= 0.3 is 0 Å². The number of nitrogens with zero attached hydrogens (tertiary/aromatic N) is 1. The van der Waals surface area contributed by atoms with Gasteiger partial charge in [0.1, 0.15) is 0 Å². The van der Waals surface area contributed by atoms with Crippen LogP contribution in [0.5, 0.6) is 0 Å². The van der Waals surface area contributed by atoms with E-state index in [-0.39, 0.29) is 0 Å². The first-order valence-electron chi connectivity index (χ1n) is 17.5. The lowest BCUT2D eigenvalue weighted by Gasteiger charge is -2.19. The molecule has 1 unspecified atom stereocenters. The average molecular weight is 630 g/mol. The molecule has 0 saturated heterocycles. The molecule has 1 aliphatic carbocycles. The monoisotopic (exact) mass is 629 g/mol. The molecule has 1 heterocycles. The maximum Gasteiger partial charge on any atom is 0.0486 e. The Balaban J connectivity index is 1.11. The van der Waals surface area contributed by atoms with Gasteiger partial charge < -0.3 is 4.57 Å². The number of rotatable bonds is 4. The highest BCUT2D eigenvalue weighted by molar-refractivity contribution is 6.21. The van der Waals surface area contributed by atoms with Gasteiger partial charge in [-0.05, 0) is 98.5 Å². The third-order valence-corrected chi connectivity index (χ3v) is 10.7. The molecule has 7 aromatic carbocycles. The van der Waals surface area contributed by atoms with Crippen molar-refractivity contribution in [3.05, 3.63) is 162 Å². The van der Waals surface area contributed by atoms with E-state index in [0.717, 1.165) is 6.42 Å². The third kappa shape index (κ3) is 4.84. The van der Waals surface area contributed by atoms with Gasteiger partial charge in [0, 0.05) is 35.1 Å². The predicted molar refractivity (Wildman–Crippen MR) is 211 cm³/mol. The zero-order chi connectivity index (χ0) is 33.2. The van der Waals surface area contributed by atoms with Crippen LogP contribution in [0.25, 0.3) is 83.0 Å². The van der Waals surface area contributed by atoms with Crippen molar-refractivity contribution in [1.29, 1.82) is 0 Å². The highest BCUT2D eigenvalue weighted by Crippen LogP contribution is 2.45. The van der Waals surface area contributed by atoms with E-state index in [1.54, 1.807) is 0 Å². The van der Waals surface area contributed by atoms with Crippen LogP contribution in [-0.2, 0) is 7.05 Å². The number of fused-ring (bicyclic) bond motifs is 5. The van der Waals surface area contributed by atoms with E-state index in [4.69, 9.17) is 0 Å². The van der Waals surface area contributed by atoms with Crippen LogP contribution in [0.2, 0.25) is 0 Å². The molecule has 1 aromatic heterocycles. The first kappa shape index (κ1) is 29.5. The van der Waals surface area contributed by atoms with Crippen molar-refractivity contribution in [3.8, 4) is 44.5 Å². The van der Waals surface area contributed by atoms with E-state index < -0.39 is 0 Å². The summed E-state index contributed by atoms with van der Waals surface area (Å²) in [5.74, 6) is 0.547. The molecule has 0 N–H and O–H groups in total. The minimum absolute atomic E-state index is 0.547. The third-order valence-electron chi connectivity index (χ3n) is 10.7. The maximum absolute atomic E-state index is 2.39.